The third-order valence-electron chi connectivity index (χ3n) is 2.16. The van der Waals surface area contributed by atoms with E-state index in [4.69, 9.17) is 18.0 Å². The van der Waals surface area contributed by atoms with Crippen molar-refractivity contribution in [1.29, 1.82) is 0 Å². The second-order valence-electron chi connectivity index (χ2n) is 3.38. The maximum atomic E-state index is 11.9. The van der Waals surface area contributed by atoms with Crippen LogP contribution in [0.5, 0.6) is 0 Å². The average molecular weight is 342 g/mol. The molecule has 0 saturated carbocycles. The Morgan fingerprint density at radius 1 is 1.50 bits per heavy atom. The number of hydrogen-bond donors (Lipinski definition) is 2. The lowest BCUT2D eigenvalue weighted by Gasteiger charge is -2.09. The van der Waals surface area contributed by atoms with Crippen molar-refractivity contribution in [2.24, 2.45) is 5.73 Å². The molecular formula is C11H8BrN3OS2. The standard InChI is InChI=1S/C11H8BrN3OS2/c12-6-1-2-7(10(13)17)8(3-6)15-11(16)9-4-18-5-14-9/h1-5H,(H2,13,17)(H,15,16). The zero-order valence-electron chi connectivity index (χ0n) is 9.01. The van der Waals surface area contributed by atoms with Crippen molar-refractivity contribution in [2.45, 2.75) is 0 Å². The molecule has 0 atom stereocenters. The van der Waals surface area contributed by atoms with Gasteiger partial charge in [0.2, 0.25) is 0 Å². The first-order valence-corrected chi connectivity index (χ1v) is 7.01. The minimum absolute atomic E-state index is 0.232. The fourth-order valence-electron chi connectivity index (χ4n) is 1.35. The second kappa shape index (κ2) is 5.55. The summed E-state index contributed by atoms with van der Waals surface area (Å²) in [5.41, 5.74) is 8.77. The van der Waals surface area contributed by atoms with E-state index in [2.05, 4.69) is 26.2 Å². The summed E-state index contributed by atoms with van der Waals surface area (Å²) in [5, 5.41) is 4.42. The van der Waals surface area contributed by atoms with E-state index in [1.807, 2.05) is 6.07 Å². The maximum absolute atomic E-state index is 11.9. The minimum atomic E-state index is -0.285. The molecule has 1 amide bonds. The molecule has 0 bridgehead atoms. The molecule has 2 aromatic rings. The normalized spacial score (nSPS) is 10.1. The Morgan fingerprint density at radius 3 is 2.89 bits per heavy atom. The van der Waals surface area contributed by atoms with Crippen LogP contribution >= 0.6 is 39.5 Å². The third-order valence-corrected chi connectivity index (χ3v) is 3.46. The van der Waals surface area contributed by atoms with Crippen molar-refractivity contribution < 1.29 is 4.79 Å². The molecule has 4 nitrogen and oxygen atoms in total. The number of carbonyl (C=O) groups is 1. The highest BCUT2D eigenvalue weighted by Gasteiger charge is 2.12. The largest absolute Gasteiger partial charge is 0.389 e. The number of hydrogen-bond acceptors (Lipinski definition) is 4. The topological polar surface area (TPSA) is 68.0 Å². The van der Waals surface area contributed by atoms with E-state index in [0.29, 0.717) is 16.9 Å². The number of thiazole rings is 1. The molecule has 0 saturated heterocycles. The number of amides is 1. The Hall–Kier alpha value is -1.31. The predicted octanol–water partition coefficient (Wildman–Crippen LogP) is 2.79. The molecule has 0 radical (unpaired) electrons. The molecule has 0 aliphatic carbocycles. The second-order valence-corrected chi connectivity index (χ2v) is 5.46. The number of rotatable bonds is 3. The molecule has 1 aromatic heterocycles. The Kier molecular flexibility index (Phi) is 4.05. The summed E-state index contributed by atoms with van der Waals surface area (Å²) in [4.78, 5) is 16.1. The molecule has 2 rings (SSSR count). The number of carbonyl (C=O) groups excluding carboxylic acids is 1. The van der Waals surface area contributed by atoms with Gasteiger partial charge in [0.05, 0.1) is 11.2 Å². The molecule has 0 spiro atoms. The van der Waals surface area contributed by atoms with Crippen molar-refractivity contribution in [1.82, 2.24) is 4.98 Å². The number of nitrogens with two attached hydrogens (primary N) is 1. The molecule has 18 heavy (non-hydrogen) atoms. The summed E-state index contributed by atoms with van der Waals surface area (Å²) >= 11 is 9.64. The van der Waals surface area contributed by atoms with E-state index in [-0.39, 0.29) is 10.9 Å². The van der Waals surface area contributed by atoms with Crippen molar-refractivity contribution in [3.8, 4) is 0 Å². The number of anilines is 1. The Bertz CT molecular complexity index is 598. The van der Waals surface area contributed by atoms with Crippen LogP contribution in [0.25, 0.3) is 0 Å². The lowest BCUT2D eigenvalue weighted by Crippen LogP contribution is -2.17. The lowest BCUT2D eigenvalue weighted by molar-refractivity contribution is 0.102. The molecular weight excluding hydrogens is 334 g/mol. The van der Waals surface area contributed by atoms with Crippen LogP contribution in [0.3, 0.4) is 0 Å². The summed E-state index contributed by atoms with van der Waals surface area (Å²) in [6, 6.07) is 5.31. The SMILES string of the molecule is NC(=S)c1ccc(Br)cc1NC(=O)c1cscn1. The van der Waals surface area contributed by atoms with Crippen LogP contribution in [0, 0.1) is 0 Å². The van der Waals surface area contributed by atoms with E-state index in [0.717, 1.165) is 4.47 Å². The number of halogens is 1. The molecule has 7 heteroatoms. The van der Waals surface area contributed by atoms with E-state index in [1.165, 1.54) is 11.3 Å². The number of benzene rings is 1. The van der Waals surface area contributed by atoms with Gasteiger partial charge in [0.25, 0.3) is 5.91 Å². The fourth-order valence-corrected chi connectivity index (χ4v) is 2.42. The Labute approximate surface area is 121 Å². The number of aromatic nitrogens is 1. The van der Waals surface area contributed by atoms with Crippen molar-refractivity contribution in [3.05, 3.63) is 44.8 Å². The molecule has 1 aromatic carbocycles. The van der Waals surface area contributed by atoms with Gasteiger partial charge in [-0.3, -0.25) is 4.79 Å². The van der Waals surface area contributed by atoms with Gasteiger partial charge < -0.3 is 11.1 Å². The van der Waals surface area contributed by atoms with Crippen molar-refractivity contribution in [2.75, 3.05) is 5.32 Å². The van der Waals surface area contributed by atoms with E-state index in [9.17, 15) is 4.79 Å². The van der Waals surface area contributed by atoms with Crippen LogP contribution in [0.15, 0.2) is 33.6 Å². The first-order valence-electron chi connectivity index (χ1n) is 4.87. The first-order chi connectivity index (χ1) is 8.58. The van der Waals surface area contributed by atoms with Gasteiger partial charge in [-0.25, -0.2) is 4.98 Å². The van der Waals surface area contributed by atoms with Gasteiger partial charge in [-0.05, 0) is 18.2 Å². The van der Waals surface area contributed by atoms with Crippen molar-refractivity contribution >= 4 is 56.1 Å². The third kappa shape index (κ3) is 2.92. The zero-order valence-corrected chi connectivity index (χ0v) is 12.2. The van der Waals surface area contributed by atoms with E-state index in [1.54, 1.807) is 23.0 Å². The zero-order chi connectivity index (χ0) is 13.1. The monoisotopic (exact) mass is 341 g/mol. The molecule has 0 aliphatic rings. The van der Waals surface area contributed by atoms with E-state index >= 15 is 0 Å². The van der Waals surface area contributed by atoms with Gasteiger partial charge in [0.1, 0.15) is 10.7 Å². The number of thiocarbonyl (C=S) groups is 1. The molecule has 1 heterocycles. The van der Waals surface area contributed by atoms with Crippen LogP contribution in [0.2, 0.25) is 0 Å². The quantitative estimate of drug-likeness (QED) is 0.842. The van der Waals surface area contributed by atoms with Crippen LogP contribution in [-0.2, 0) is 0 Å². The molecule has 0 fully saturated rings. The number of nitrogens with one attached hydrogen (secondary N) is 1. The highest BCUT2D eigenvalue weighted by Crippen LogP contribution is 2.22. The van der Waals surface area contributed by atoms with Gasteiger partial charge in [-0.1, -0.05) is 28.1 Å². The highest BCUT2D eigenvalue weighted by molar-refractivity contribution is 9.10. The van der Waals surface area contributed by atoms with Crippen LogP contribution in [0.4, 0.5) is 5.69 Å². The minimum Gasteiger partial charge on any atom is -0.389 e. The first kappa shape index (κ1) is 13.1. The maximum Gasteiger partial charge on any atom is 0.275 e. The summed E-state index contributed by atoms with van der Waals surface area (Å²) in [7, 11) is 0. The molecule has 3 N–H and O–H groups in total. The van der Waals surface area contributed by atoms with Gasteiger partial charge in [-0.2, -0.15) is 0 Å². The summed E-state index contributed by atoms with van der Waals surface area (Å²) < 4.78 is 0.830. The highest BCUT2D eigenvalue weighted by atomic mass is 79.9. The lowest BCUT2D eigenvalue weighted by atomic mass is 10.1. The van der Waals surface area contributed by atoms with Crippen molar-refractivity contribution in [3.63, 3.8) is 0 Å². The van der Waals surface area contributed by atoms with E-state index < -0.39 is 0 Å². The molecule has 0 aliphatic heterocycles. The smallest absolute Gasteiger partial charge is 0.275 e. The van der Waals surface area contributed by atoms with Gasteiger partial charge in [0, 0.05) is 15.4 Å². The molecule has 0 unspecified atom stereocenters. The van der Waals surface area contributed by atoms with Crippen LogP contribution < -0.4 is 11.1 Å². The Balaban J connectivity index is 2.31. The van der Waals surface area contributed by atoms with Gasteiger partial charge in [-0.15, -0.1) is 11.3 Å². The van der Waals surface area contributed by atoms with Crippen LogP contribution in [0.1, 0.15) is 16.1 Å². The van der Waals surface area contributed by atoms with Gasteiger partial charge in [0.15, 0.2) is 0 Å². The molecule has 92 valence electrons. The summed E-state index contributed by atoms with van der Waals surface area (Å²) in [5.74, 6) is -0.285. The fraction of sp³-hybridized carbons (Fsp3) is 0. The predicted molar refractivity (Wildman–Crippen MR) is 80.1 cm³/mol. The van der Waals surface area contributed by atoms with Crippen LogP contribution in [-0.4, -0.2) is 15.9 Å². The number of nitrogens with zero attached hydrogens (tertiary/aromatic N) is 1. The summed E-state index contributed by atoms with van der Waals surface area (Å²) in [6.45, 7) is 0. The van der Waals surface area contributed by atoms with Gasteiger partial charge >= 0.3 is 0 Å². The average Bonchev–Trinajstić information content (AvgIpc) is 2.81. The summed E-state index contributed by atoms with van der Waals surface area (Å²) in [6.07, 6.45) is 0. The Morgan fingerprint density at radius 2 is 2.28 bits per heavy atom.